The van der Waals surface area contributed by atoms with Crippen molar-refractivity contribution in [3.8, 4) is 11.6 Å². The van der Waals surface area contributed by atoms with Crippen LogP contribution in [0.2, 0.25) is 0 Å². The Bertz CT molecular complexity index is 739. The predicted octanol–water partition coefficient (Wildman–Crippen LogP) is 3.16. The zero-order chi connectivity index (χ0) is 20.2. The molecular weight excluding hydrogens is 373 g/mol. The Kier molecular flexibility index (Phi) is 8.38. The van der Waals surface area contributed by atoms with Gasteiger partial charge in [0, 0.05) is 18.3 Å². The Morgan fingerprint density at radius 3 is 2.57 bits per heavy atom. The van der Waals surface area contributed by atoms with E-state index in [1.165, 1.54) is 6.20 Å². The molecule has 2 aromatic rings. The van der Waals surface area contributed by atoms with Crippen molar-refractivity contribution < 1.29 is 22.6 Å². The van der Waals surface area contributed by atoms with Gasteiger partial charge in [0.2, 0.25) is 5.88 Å². The van der Waals surface area contributed by atoms with Crippen molar-refractivity contribution in [1.82, 2.24) is 15.6 Å². The Balaban J connectivity index is 1.89. The monoisotopic (exact) mass is 396 g/mol. The van der Waals surface area contributed by atoms with Gasteiger partial charge in [-0.25, -0.2) is 9.98 Å². The lowest BCUT2D eigenvalue weighted by Crippen LogP contribution is -2.39. The summed E-state index contributed by atoms with van der Waals surface area (Å²) < 4.78 is 47.5. The van der Waals surface area contributed by atoms with E-state index in [2.05, 4.69) is 20.6 Å². The number of ether oxygens (including phenoxy) is 2. The van der Waals surface area contributed by atoms with Crippen LogP contribution in [0.3, 0.4) is 0 Å². The summed E-state index contributed by atoms with van der Waals surface area (Å²) in [5.41, 5.74) is 0.462. The molecule has 0 aliphatic heterocycles. The van der Waals surface area contributed by atoms with Crippen molar-refractivity contribution in [2.24, 2.45) is 4.99 Å². The van der Waals surface area contributed by atoms with E-state index < -0.39 is 12.8 Å². The summed E-state index contributed by atoms with van der Waals surface area (Å²) in [6.45, 7) is 2.22. The lowest BCUT2D eigenvalue weighted by Gasteiger charge is -2.13. The molecule has 0 atom stereocenters. The van der Waals surface area contributed by atoms with E-state index >= 15 is 0 Å². The minimum Gasteiger partial charge on any atom is -0.492 e. The predicted molar refractivity (Wildman–Crippen MR) is 101 cm³/mol. The number of para-hydroxylation sites is 1. The van der Waals surface area contributed by atoms with Crippen molar-refractivity contribution in [3.05, 3.63) is 54.2 Å². The van der Waals surface area contributed by atoms with Crippen LogP contribution in [-0.2, 0) is 6.54 Å². The van der Waals surface area contributed by atoms with Gasteiger partial charge < -0.3 is 20.1 Å². The first-order valence-electron chi connectivity index (χ1n) is 8.81. The maximum Gasteiger partial charge on any atom is 0.422 e. The lowest BCUT2D eigenvalue weighted by molar-refractivity contribution is -0.154. The fourth-order valence-electron chi connectivity index (χ4n) is 2.19. The zero-order valence-corrected chi connectivity index (χ0v) is 15.5. The number of hydrogen-bond acceptors (Lipinski definition) is 4. The molecule has 1 heterocycles. The van der Waals surface area contributed by atoms with Crippen LogP contribution in [0.4, 0.5) is 13.2 Å². The summed E-state index contributed by atoms with van der Waals surface area (Å²) in [5.74, 6) is 1.21. The number of rotatable bonds is 9. The largest absolute Gasteiger partial charge is 0.492 e. The van der Waals surface area contributed by atoms with Crippen molar-refractivity contribution >= 4 is 5.96 Å². The van der Waals surface area contributed by atoms with Gasteiger partial charge in [-0.2, -0.15) is 13.2 Å². The molecule has 1 aromatic carbocycles. The summed E-state index contributed by atoms with van der Waals surface area (Å²) in [6.07, 6.45) is -3.05. The molecule has 0 aliphatic rings. The molecule has 0 spiro atoms. The highest BCUT2D eigenvalue weighted by Crippen LogP contribution is 2.20. The molecule has 6 nitrogen and oxygen atoms in total. The van der Waals surface area contributed by atoms with E-state index in [1.807, 2.05) is 37.3 Å². The molecule has 0 unspecified atom stereocenters. The number of pyridine rings is 1. The van der Waals surface area contributed by atoms with Crippen LogP contribution in [0.25, 0.3) is 0 Å². The number of halogens is 3. The molecule has 0 fully saturated rings. The molecule has 0 radical (unpaired) electrons. The fraction of sp³-hybridized carbons (Fsp3) is 0.368. The smallest absolute Gasteiger partial charge is 0.422 e. The Morgan fingerprint density at radius 1 is 1.07 bits per heavy atom. The summed E-state index contributed by atoms with van der Waals surface area (Å²) in [7, 11) is 0. The van der Waals surface area contributed by atoms with Crippen LogP contribution in [-0.4, -0.2) is 43.4 Å². The molecule has 0 amide bonds. The van der Waals surface area contributed by atoms with Gasteiger partial charge in [0.05, 0.1) is 13.1 Å². The molecular formula is C19H23F3N4O2. The van der Waals surface area contributed by atoms with Crippen molar-refractivity contribution in [3.63, 3.8) is 0 Å². The van der Waals surface area contributed by atoms with E-state index in [0.717, 1.165) is 5.75 Å². The second-order valence-electron chi connectivity index (χ2n) is 5.65. The number of nitrogens with one attached hydrogen (secondary N) is 2. The Morgan fingerprint density at radius 2 is 1.86 bits per heavy atom. The van der Waals surface area contributed by atoms with Crippen LogP contribution in [0.5, 0.6) is 11.6 Å². The van der Waals surface area contributed by atoms with Gasteiger partial charge in [-0.15, -0.1) is 0 Å². The molecule has 28 heavy (non-hydrogen) atoms. The molecule has 152 valence electrons. The molecule has 0 saturated heterocycles. The number of aromatic nitrogens is 1. The van der Waals surface area contributed by atoms with E-state index in [4.69, 9.17) is 9.47 Å². The minimum absolute atomic E-state index is 0.0770. The first kappa shape index (κ1) is 21.3. The van der Waals surface area contributed by atoms with Gasteiger partial charge >= 0.3 is 6.18 Å². The highest BCUT2D eigenvalue weighted by molar-refractivity contribution is 5.79. The quantitative estimate of drug-likeness (QED) is 0.387. The number of benzene rings is 1. The van der Waals surface area contributed by atoms with Gasteiger partial charge in [-0.05, 0) is 25.1 Å². The second kappa shape index (κ2) is 11.0. The third-order valence-electron chi connectivity index (χ3n) is 3.38. The highest BCUT2D eigenvalue weighted by Gasteiger charge is 2.29. The maximum atomic E-state index is 12.4. The van der Waals surface area contributed by atoms with Gasteiger partial charge in [0.1, 0.15) is 12.4 Å². The van der Waals surface area contributed by atoms with Gasteiger partial charge in [-0.3, -0.25) is 0 Å². The van der Waals surface area contributed by atoms with Crippen molar-refractivity contribution in [2.45, 2.75) is 19.6 Å². The lowest BCUT2D eigenvalue weighted by atomic mass is 10.3. The molecule has 1 aromatic heterocycles. The first-order chi connectivity index (χ1) is 13.5. The number of guanidine groups is 1. The number of nitrogens with zero attached hydrogens (tertiary/aromatic N) is 2. The second-order valence-corrected chi connectivity index (χ2v) is 5.65. The minimum atomic E-state index is -4.42. The normalized spacial score (nSPS) is 11.8. The maximum absolute atomic E-state index is 12.4. The van der Waals surface area contributed by atoms with Crippen LogP contribution < -0.4 is 20.1 Å². The van der Waals surface area contributed by atoms with E-state index in [1.54, 1.807) is 12.1 Å². The molecule has 0 bridgehead atoms. The number of aliphatic imine (C=N–C) groups is 1. The van der Waals surface area contributed by atoms with Gasteiger partial charge in [0.15, 0.2) is 12.6 Å². The van der Waals surface area contributed by atoms with Gasteiger partial charge in [0.25, 0.3) is 0 Å². The van der Waals surface area contributed by atoms with Crippen LogP contribution >= 0.6 is 0 Å². The third kappa shape index (κ3) is 8.15. The molecule has 2 N–H and O–H groups in total. The van der Waals surface area contributed by atoms with Crippen molar-refractivity contribution in [1.29, 1.82) is 0 Å². The fourth-order valence-corrected chi connectivity index (χ4v) is 2.19. The molecule has 0 aliphatic carbocycles. The first-order valence-corrected chi connectivity index (χ1v) is 8.81. The molecule has 2 rings (SSSR count). The SMILES string of the molecule is CCNC(=NCc1cccnc1OCC(F)(F)F)NCCOc1ccccc1. The third-order valence-corrected chi connectivity index (χ3v) is 3.38. The summed E-state index contributed by atoms with van der Waals surface area (Å²) >= 11 is 0. The standard InChI is InChI=1S/C19H23F3N4O2/c1-2-23-18(25-11-12-27-16-8-4-3-5-9-16)26-13-15-7-6-10-24-17(15)28-14-19(20,21)22/h3-10H,2,11-14H2,1H3,(H2,23,25,26). The van der Waals surface area contributed by atoms with Crippen molar-refractivity contribution in [2.75, 3.05) is 26.3 Å². The average molecular weight is 396 g/mol. The Hall–Kier alpha value is -2.97. The van der Waals surface area contributed by atoms with Crippen LogP contribution in [0, 0.1) is 0 Å². The van der Waals surface area contributed by atoms with Crippen LogP contribution in [0.15, 0.2) is 53.7 Å². The van der Waals surface area contributed by atoms with Crippen LogP contribution in [0.1, 0.15) is 12.5 Å². The topological polar surface area (TPSA) is 67.8 Å². The average Bonchev–Trinajstić information content (AvgIpc) is 2.68. The van der Waals surface area contributed by atoms with Gasteiger partial charge in [-0.1, -0.05) is 24.3 Å². The zero-order valence-electron chi connectivity index (χ0n) is 15.5. The van der Waals surface area contributed by atoms with E-state index in [9.17, 15) is 13.2 Å². The summed E-state index contributed by atoms with van der Waals surface area (Å²) in [4.78, 5) is 8.23. The summed E-state index contributed by atoms with van der Waals surface area (Å²) in [6, 6.07) is 12.7. The van der Waals surface area contributed by atoms with E-state index in [0.29, 0.717) is 31.2 Å². The molecule has 0 saturated carbocycles. The summed E-state index contributed by atoms with van der Waals surface area (Å²) in [5, 5.41) is 6.18. The highest BCUT2D eigenvalue weighted by atomic mass is 19.4. The molecule has 9 heteroatoms. The van der Waals surface area contributed by atoms with E-state index in [-0.39, 0.29) is 12.4 Å². The number of alkyl halides is 3. The Labute approximate surface area is 161 Å². The number of hydrogen-bond donors (Lipinski definition) is 2.